The highest BCUT2D eigenvalue weighted by atomic mass is 127. The zero-order valence-corrected chi connectivity index (χ0v) is 19.4. The molecule has 0 aliphatic carbocycles. The Hall–Kier alpha value is -1.43. The van der Waals surface area contributed by atoms with Crippen LogP contribution in [0.25, 0.3) is 11.4 Å². The first-order chi connectivity index (χ1) is 14.7. The fourth-order valence-corrected chi connectivity index (χ4v) is 4.13. The Kier molecular flexibility index (Phi) is 8.17. The molecule has 1 saturated heterocycles. The van der Waals surface area contributed by atoms with Crippen molar-refractivity contribution in [1.29, 1.82) is 0 Å². The standard InChI is InChI=1S/C21H26F4IN3O2/c1-2-3-4-5-6-7-10-30-17-9-8-14(11-15(17)21(23,24)25)18-28-19(31-29-18)16-12-20(22,26)13-27-16/h8-9,11,16,27H,2-7,10,12-13H2,1H3/t16-,20?/m0/s1. The van der Waals surface area contributed by atoms with Crippen LogP contribution in [0.4, 0.5) is 17.6 Å². The minimum absolute atomic E-state index is 0.0228. The molecule has 1 aromatic carbocycles. The van der Waals surface area contributed by atoms with E-state index in [0.29, 0.717) is 6.42 Å². The first-order valence-corrected chi connectivity index (χ1v) is 11.6. The molecule has 1 N–H and O–H groups in total. The van der Waals surface area contributed by atoms with Crippen LogP contribution in [0.15, 0.2) is 22.7 Å². The number of nitrogens with one attached hydrogen (secondary N) is 1. The Morgan fingerprint density at radius 1 is 1.23 bits per heavy atom. The number of nitrogens with zero attached hydrogens (tertiary/aromatic N) is 2. The SMILES string of the molecule is CCCCCCCCOc1ccc(-c2noc([C@@H]3CC(F)(I)CN3)n2)cc1C(F)(F)F. The minimum Gasteiger partial charge on any atom is -0.493 e. The van der Waals surface area contributed by atoms with Crippen LogP contribution in [0.1, 0.15) is 69.4 Å². The third-order valence-corrected chi connectivity index (χ3v) is 5.97. The average molecular weight is 555 g/mol. The molecule has 1 fully saturated rings. The number of hydrogen-bond acceptors (Lipinski definition) is 5. The van der Waals surface area contributed by atoms with Crippen molar-refractivity contribution in [1.82, 2.24) is 15.5 Å². The molecule has 0 amide bonds. The number of hydrogen-bond donors (Lipinski definition) is 1. The molecular formula is C21H26F4IN3O2. The van der Waals surface area contributed by atoms with E-state index in [4.69, 9.17) is 9.26 Å². The van der Waals surface area contributed by atoms with Gasteiger partial charge in [-0.15, -0.1) is 0 Å². The lowest BCUT2D eigenvalue weighted by atomic mass is 10.1. The number of alkyl halides is 5. The van der Waals surface area contributed by atoms with Crippen LogP contribution >= 0.6 is 22.6 Å². The van der Waals surface area contributed by atoms with Gasteiger partial charge in [0, 0.05) is 18.5 Å². The van der Waals surface area contributed by atoms with E-state index in [9.17, 15) is 17.6 Å². The Morgan fingerprint density at radius 3 is 2.65 bits per heavy atom. The van der Waals surface area contributed by atoms with Crippen molar-refractivity contribution in [2.75, 3.05) is 13.2 Å². The van der Waals surface area contributed by atoms with E-state index < -0.39 is 21.5 Å². The lowest BCUT2D eigenvalue weighted by Crippen LogP contribution is -2.17. The molecule has 1 aromatic heterocycles. The predicted octanol–water partition coefficient (Wildman–Crippen LogP) is 6.63. The smallest absolute Gasteiger partial charge is 0.419 e. The van der Waals surface area contributed by atoms with Gasteiger partial charge in [-0.1, -0.05) is 44.2 Å². The van der Waals surface area contributed by atoms with Crippen molar-refractivity contribution >= 4 is 22.6 Å². The molecule has 1 aliphatic rings. The predicted molar refractivity (Wildman–Crippen MR) is 117 cm³/mol. The van der Waals surface area contributed by atoms with Crippen molar-refractivity contribution in [3.8, 4) is 17.1 Å². The van der Waals surface area contributed by atoms with Gasteiger partial charge in [-0.05, 0) is 47.2 Å². The lowest BCUT2D eigenvalue weighted by molar-refractivity contribution is -0.138. The van der Waals surface area contributed by atoms with Gasteiger partial charge >= 0.3 is 6.18 Å². The summed E-state index contributed by atoms with van der Waals surface area (Å²) in [5.41, 5.74) is -0.718. The number of benzene rings is 1. The zero-order chi connectivity index (χ0) is 22.5. The summed E-state index contributed by atoms with van der Waals surface area (Å²) in [5.74, 6) is -0.0316. The first kappa shape index (κ1) is 24.2. The van der Waals surface area contributed by atoms with Crippen molar-refractivity contribution in [2.24, 2.45) is 0 Å². The van der Waals surface area contributed by atoms with Crippen LogP contribution in [-0.2, 0) is 6.18 Å². The maximum Gasteiger partial charge on any atom is 0.419 e. The second-order valence-electron chi connectivity index (χ2n) is 7.77. The lowest BCUT2D eigenvalue weighted by Gasteiger charge is -2.14. The fourth-order valence-electron chi connectivity index (χ4n) is 3.47. The zero-order valence-electron chi connectivity index (χ0n) is 17.3. The summed E-state index contributed by atoms with van der Waals surface area (Å²) in [4.78, 5) is 4.17. The van der Waals surface area contributed by atoms with Crippen molar-refractivity contribution in [3.05, 3.63) is 29.7 Å². The Labute approximate surface area is 192 Å². The van der Waals surface area contributed by atoms with Gasteiger partial charge < -0.3 is 14.6 Å². The van der Waals surface area contributed by atoms with E-state index in [1.165, 1.54) is 18.6 Å². The molecule has 5 nitrogen and oxygen atoms in total. The molecule has 2 aromatic rings. The van der Waals surface area contributed by atoms with E-state index in [2.05, 4.69) is 22.4 Å². The van der Waals surface area contributed by atoms with Crippen molar-refractivity contribution in [2.45, 2.75) is 67.8 Å². The summed E-state index contributed by atoms with van der Waals surface area (Å²) in [7, 11) is 0. The van der Waals surface area contributed by atoms with Crippen molar-refractivity contribution < 1.29 is 26.8 Å². The topological polar surface area (TPSA) is 60.2 Å². The molecular weight excluding hydrogens is 529 g/mol. The number of halogens is 5. The van der Waals surface area contributed by atoms with E-state index in [1.807, 2.05) is 0 Å². The van der Waals surface area contributed by atoms with Gasteiger partial charge in [0.15, 0.2) is 3.68 Å². The summed E-state index contributed by atoms with van der Waals surface area (Å²) in [6.07, 6.45) is 1.70. The molecule has 3 rings (SSSR count). The number of aromatic nitrogens is 2. The maximum absolute atomic E-state index is 14.0. The number of ether oxygens (including phenoxy) is 1. The van der Waals surface area contributed by atoms with Crippen LogP contribution < -0.4 is 10.1 Å². The van der Waals surface area contributed by atoms with Gasteiger partial charge in [0.1, 0.15) is 5.75 Å². The van der Waals surface area contributed by atoms with Gasteiger partial charge in [-0.2, -0.15) is 18.2 Å². The highest BCUT2D eigenvalue weighted by Crippen LogP contribution is 2.40. The summed E-state index contributed by atoms with van der Waals surface area (Å²) in [6, 6.07) is 3.26. The molecule has 1 unspecified atom stereocenters. The second kappa shape index (κ2) is 10.5. The van der Waals surface area contributed by atoms with E-state index in [-0.39, 0.29) is 42.6 Å². The molecule has 2 atom stereocenters. The van der Waals surface area contributed by atoms with Gasteiger partial charge in [-0.25, -0.2) is 4.39 Å². The van der Waals surface area contributed by atoms with Crippen LogP contribution in [0.3, 0.4) is 0 Å². The molecule has 172 valence electrons. The third kappa shape index (κ3) is 6.77. The summed E-state index contributed by atoms with van der Waals surface area (Å²) in [5, 5.41) is 6.72. The molecule has 10 heteroatoms. The highest BCUT2D eigenvalue weighted by Gasteiger charge is 2.40. The molecule has 0 saturated carbocycles. The molecule has 0 spiro atoms. The van der Waals surface area contributed by atoms with Crippen LogP contribution in [0.5, 0.6) is 5.75 Å². The molecule has 0 radical (unpaired) electrons. The molecule has 0 bridgehead atoms. The van der Waals surface area contributed by atoms with Gasteiger partial charge in [0.25, 0.3) is 0 Å². The third-order valence-electron chi connectivity index (χ3n) is 5.15. The van der Waals surface area contributed by atoms with E-state index in [1.54, 1.807) is 22.6 Å². The molecule has 1 aliphatic heterocycles. The minimum atomic E-state index is -4.58. The number of rotatable bonds is 10. The van der Waals surface area contributed by atoms with Gasteiger partial charge in [0.05, 0.1) is 18.2 Å². The molecule has 31 heavy (non-hydrogen) atoms. The monoisotopic (exact) mass is 555 g/mol. The Balaban J connectivity index is 1.67. The summed E-state index contributed by atoms with van der Waals surface area (Å²) < 4.78 is 64.0. The van der Waals surface area contributed by atoms with Gasteiger partial charge in [0.2, 0.25) is 11.7 Å². The quantitative estimate of drug-likeness (QED) is 0.154. The van der Waals surface area contributed by atoms with Crippen LogP contribution in [0.2, 0.25) is 0 Å². The van der Waals surface area contributed by atoms with Gasteiger partial charge in [-0.3, -0.25) is 0 Å². The second-order valence-corrected chi connectivity index (χ2v) is 9.71. The van der Waals surface area contributed by atoms with Crippen molar-refractivity contribution in [3.63, 3.8) is 0 Å². The number of unbranched alkanes of at least 4 members (excludes halogenated alkanes) is 5. The van der Waals surface area contributed by atoms with Crippen LogP contribution in [0, 0.1) is 0 Å². The summed E-state index contributed by atoms with van der Waals surface area (Å²) >= 11 is 1.71. The largest absolute Gasteiger partial charge is 0.493 e. The Bertz CT molecular complexity index is 857. The summed E-state index contributed by atoms with van der Waals surface area (Å²) in [6.45, 7) is 2.50. The normalized spacial score (nSPS) is 21.5. The average Bonchev–Trinajstić information content (AvgIpc) is 3.33. The van der Waals surface area contributed by atoms with E-state index >= 15 is 0 Å². The first-order valence-electron chi connectivity index (χ1n) is 10.5. The van der Waals surface area contributed by atoms with E-state index in [0.717, 1.165) is 31.7 Å². The Morgan fingerprint density at radius 2 is 1.97 bits per heavy atom. The molecule has 2 heterocycles. The fraction of sp³-hybridized carbons (Fsp3) is 0.619. The maximum atomic E-state index is 14.0. The highest BCUT2D eigenvalue weighted by molar-refractivity contribution is 14.1. The van der Waals surface area contributed by atoms with Crippen LogP contribution in [-0.4, -0.2) is 27.0 Å².